The predicted molar refractivity (Wildman–Crippen MR) is 76.8 cm³/mol. The first-order chi connectivity index (χ1) is 8.69. The molecule has 0 aromatic carbocycles. The van der Waals surface area contributed by atoms with Crippen molar-refractivity contribution in [1.29, 1.82) is 0 Å². The summed E-state index contributed by atoms with van der Waals surface area (Å²) in [4.78, 5) is 5.56. The molecule has 1 N–H and O–H groups in total. The second-order valence-electron chi connectivity index (χ2n) is 3.80. The molecule has 0 bridgehead atoms. The number of nitrogens with one attached hydrogen (secondary N) is 1. The zero-order valence-electron chi connectivity index (χ0n) is 10.3. The van der Waals surface area contributed by atoms with E-state index in [9.17, 15) is 0 Å². The van der Waals surface area contributed by atoms with Crippen LogP contribution >= 0.6 is 22.9 Å². The highest BCUT2D eigenvalue weighted by Gasteiger charge is 2.09. The molecule has 2 aromatic rings. The van der Waals surface area contributed by atoms with Crippen LogP contribution in [-0.2, 0) is 0 Å². The van der Waals surface area contributed by atoms with E-state index in [1.165, 1.54) is 4.88 Å². The van der Waals surface area contributed by atoms with Crippen molar-refractivity contribution in [2.24, 2.45) is 0 Å². The van der Waals surface area contributed by atoms with Gasteiger partial charge in [-0.3, -0.25) is 0 Å². The van der Waals surface area contributed by atoms with Crippen molar-refractivity contribution in [1.82, 2.24) is 4.98 Å². The van der Waals surface area contributed by atoms with Gasteiger partial charge in [0, 0.05) is 10.9 Å². The van der Waals surface area contributed by atoms with Crippen molar-refractivity contribution >= 4 is 28.8 Å². The summed E-state index contributed by atoms with van der Waals surface area (Å²) >= 11 is 7.50. The van der Waals surface area contributed by atoms with Gasteiger partial charge in [-0.15, -0.1) is 11.3 Å². The minimum atomic E-state index is 0.173. The Bertz CT molecular complexity index is 515. The lowest BCUT2D eigenvalue weighted by atomic mass is 10.3. The number of hydrogen-bond acceptors (Lipinski definition) is 4. The highest BCUT2D eigenvalue weighted by molar-refractivity contribution is 7.16. The van der Waals surface area contributed by atoms with Crippen molar-refractivity contribution < 1.29 is 4.74 Å². The Balaban J connectivity index is 2.06. The summed E-state index contributed by atoms with van der Waals surface area (Å²) in [6.07, 6.45) is 0. The van der Waals surface area contributed by atoms with E-state index in [2.05, 4.69) is 17.2 Å². The quantitative estimate of drug-likeness (QED) is 0.884. The SMILES string of the molecule is CCOc1cccc(NC(C)c2ccc(Cl)s2)n1. The molecule has 1 atom stereocenters. The Morgan fingerprint density at radius 1 is 1.39 bits per heavy atom. The summed E-state index contributed by atoms with van der Waals surface area (Å²) in [5.74, 6) is 1.44. The first kappa shape index (κ1) is 13.2. The lowest BCUT2D eigenvalue weighted by Gasteiger charge is -2.13. The standard InChI is InChI=1S/C13H15ClN2OS/c1-3-17-13-6-4-5-12(16-13)15-9(2)10-7-8-11(14)18-10/h4-9H,3H2,1-2H3,(H,15,16). The zero-order chi connectivity index (χ0) is 13.0. The van der Waals surface area contributed by atoms with Crippen LogP contribution in [0.15, 0.2) is 30.3 Å². The Kier molecular flexibility index (Phi) is 4.44. The Morgan fingerprint density at radius 2 is 2.22 bits per heavy atom. The fraction of sp³-hybridized carbons (Fsp3) is 0.308. The minimum absolute atomic E-state index is 0.173. The highest BCUT2D eigenvalue weighted by atomic mass is 35.5. The van der Waals surface area contributed by atoms with Crippen molar-refractivity contribution in [3.63, 3.8) is 0 Å². The number of thiophene rings is 1. The Morgan fingerprint density at radius 3 is 2.89 bits per heavy atom. The van der Waals surface area contributed by atoms with Crippen molar-refractivity contribution in [2.75, 3.05) is 11.9 Å². The molecule has 0 fully saturated rings. The molecular formula is C13H15ClN2OS. The van der Waals surface area contributed by atoms with Gasteiger partial charge in [0.05, 0.1) is 17.0 Å². The number of halogens is 1. The van der Waals surface area contributed by atoms with Crippen LogP contribution in [-0.4, -0.2) is 11.6 Å². The third kappa shape index (κ3) is 3.37. The average Bonchev–Trinajstić information content (AvgIpc) is 2.77. The van der Waals surface area contributed by atoms with Gasteiger partial charge in [-0.2, -0.15) is 4.98 Å². The summed E-state index contributed by atoms with van der Waals surface area (Å²) in [5, 5.41) is 3.33. The van der Waals surface area contributed by atoms with E-state index in [1.807, 2.05) is 37.3 Å². The lowest BCUT2D eigenvalue weighted by molar-refractivity contribution is 0.327. The van der Waals surface area contributed by atoms with Crippen LogP contribution in [0.1, 0.15) is 24.8 Å². The number of anilines is 1. The van der Waals surface area contributed by atoms with Gasteiger partial charge in [0.2, 0.25) is 5.88 Å². The summed E-state index contributed by atoms with van der Waals surface area (Å²) in [7, 11) is 0. The molecule has 0 saturated heterocycles. The first-order valence-electron chi connectivity index (χ1n) is 5.80. The van der Waals surface area contributed by atoms with Crippen LogP contribution < -0.4 is 10.1 Å². The topological polar surface area (TPSA) is 34.1 Å². The maximum absolute atomic E-state index is 5.93. The maximum Gasteiger partial charge on any atom is 0.215 e. The fourth-order valence-electron chi connectivity index (χ4n) is 1.58. The highest BCUT2D eigenvalue weighted by Crippen LogP contribution is 2.28. The molecule has 1 unspecified atom stereocenters. The van der Waals surface area contributed by atoms with E-state index in [0.717, 1.165) is 10.2 Å². The van der Waals surface area contributed by atoms with Gasteiger partial charge in [-0.1, -0.05) is 17.7 Å². The van der Waals surface area contributed by atoms with Crippen molar-refractivity contribution in [2.45, 2.75) is 19.9 Å². The molecule has 0 aliphatic carbocycles. The summed E-state index contributed by atoms with van der Waals surface area (Å²) in [6, 6.07) is 9.80. The van der Waals surface area contributed by atoms with Crippen molar-refractivity contribution in [3.05, 3.63) is 39.5 Å². The molecule has 0 amide bonds. The Labute approximate surface area is 116 Å². The molecule has 0 spiro atoms. The fourth-order valence-corrected chi connectivity index (χ4v) is 2.64. The van der Waals surface area contributed by atoms with Crippen LogP contribution in [0.3, 0.4) is 0 Å². The lowest BCUT2D eigenvalue weighted by Crippen LogP contribution is -2.06. The van der Waals surface area contributed by atoms with Gasteiger partial charge in [-0.25, -0.2) is 0 Å². The maximum atomic E-state index is 5.93. The van der Waals surface area contributed by atoms with Gasteiger partial charge in [0.25, 0.3) is 0 Å². The van der Waals surface area contributed by atoms with Gasteiger partial charge in [0.1, 0.15) is 5.82 Å². The summed E-state index contributed by atoms with van der Waals surface area (Å²) in [5.41, 5.74) is 0. The third-order valence-electron chi connectivity index (χ3n) is 2.40. The molecule has 0 aliphatic rings. The minimum Gasteiger partial charge on any atom is -0.478 e. The van der Waals surface area contributed by atoms with E-state index >= 15 is 0 Å². The van der Waals surface area contributed by atoms with Crippen LogP contribution in [0.4, 0.5) is 5.82 Å². The molecule has 0 saturated carbocycles. The number of hydrogen-bond donors (Lipinski definition) is 1. The molecule has 0 aliphatic heterocycles. The first-order valence-corrected chi connectivity index (χ1v) is 7.00. The smallest absolute Gasteiger partial charge is 0.215 e. The van der Waals surface area contributed by atoms with Crippen molar-refractivity contribution in [3.8, 4) is 5.88 Å². The van der Waals surface area contributed by atoms with Gasteiger partial charge in [0.15, 0.2) is 0 Å². The molecule has 96 valence electrons. The van der Waals surface area contributed by atoms with Crippen LogP contribution in [0.5, 0.6) is 5.88 Å². The van der Waals surface area contributed by atoms with Crippen LogP contribution in [0.25, 0.3) is 0 Å². The largest absolute Gasteiger partial charge is 0.478 e. The molecule has 3 nitrogen and oxygen atoms in total. The van der Waals surface area contributed by atoms with E-state index < -0.39 is 0 Å². The monoisotopic (exact) mass is 282 g/mol. The second kappa shape index (κ2) is 6.07. The molecule has 0 radical (unpaired) electrons. The molecule has 2 aromatic heterocycles. The van der Waals surface area contributed by atoms with Crippen LogP contribution in [0.2, 0.25) is 4.34 Å². The number of pyridine rings is 1. The molecule has 18 heavy (non-hydrogen) atoms. The Hall–Kier alpha value is -1.26. The number of rotatable bonds is 5. The summed E-state index contributed by atoms with van der Waals surface area (Å²) < 4.78 is 6.17. The normalized spacial score (nSPS) is 12.2. The van der Waals surface area contributed by atoms with E-state index in [-0.39, 0.29) is 6.04 Å². The number of ether oxygens (including phenoxy) is 1. The average molecular weight is 283 g/mol. The predicted octanol–water partition coefficient (Wildman–Crippen LogP) is 4.37. The van der Waals surface area contributed by atoms with E-state index in [4.69, 9.17) is 16.3 Å². The summed E-state index contributed by atoms with van der Waals surface area (Å²) in [6.45, 7) is 4.64. The molecule has 2 heterocycles. The van der Waals surface area contributed by atoms with Gasteiger partial charge >= 0.3 is 0 Å². The molecule has 2 rings (SSSR count). The van der Waals surface area contributed by atoms with E-state index in [1.54, 1.807) is 11.3 Å². The third-order valence-corrected chi connectivity index (χ3v) is 3.81. The van der Waals surface area contributed by atoms with E-state index in [0.29, 0.717) is 12.5 Å². The number of nitrogens with zero attached hydrogens (tertiary/aromatic N) is 1. The van der Waals surface area contributed by atoms with Crippen LogP contribution in [0, 0.1) is 0 Å². The second-order valence-corrected chi connectivity index (χ2v) is 5.55. The molecule has 5 heteroatoms. The van der Waals surface area contributed by atoms with Gasteiger partial charge < -0.3 is 10.1 Å². The molecular weight excluding hydrogens is 268 g/mol. The number of aromatic nitrogens is 1. The van der Waals surface area contributed by atoms with Gasteiger partial charge in [-0.05, 0) is 32.0 Å². The zero-order valence-corrected chi connectivity index (χ0v) is 11.9.